The second-order valence-corrected chi connectivity index (χ2v) is 7.03. The normalized spacial score (nSPS) is 10.9. The summed E-state index contributed by atoms with van der Waals surface area (Å²) >= 11 is 1.15. The van der Waals surface area contributed by atoms with Gasteiger partial charge < -0.3 is 14.2 Å². The van der Waals surface area contributed by atoms with Gasteiger partial charge in [-0.1, -0.05) is 29.5 Å². The number of hydrogen-bond acceptors (Lipinski definition) is 7. The molecule has 1 aromatic carbocycles. The largest absolute Gasteiger partial charge is 0.459 e. The number of anilines is 1. The molecule has 4 rings (SSSR count). The average molecular weight is 395 g/mol. The Labute approximate surface area is 165 Å². The zero-order valence-corrected chi connectivity index (χ0v) is 16.1. The molecule has 3 heterocycles. The van der Waals surface area contributed by atoms with Crippen molar-refractivity contribution in [2.24, 2.45) is 0 Å². The van der Waals surface area contributed by atoms with E-state index in [2.05, 4.69) is 20.6 Å². The zero-order chi connectivity index (χ0) is 19.5. The molecule has 0 radical (unpaired) electrons. The summed E-state index contributed by atoms with van der Waals surface area (Å²) in [5, 5.41) is 15.5. The highest BCUT2D eigenvalue weighted by molar-refractivity contribution is 7.99. The predicted molar refractivity (Wildman–Crippen MR) is 104 cm³/mol. The first-order valence-corrected chi connectivity index (χ1v) is 9.51. The van der Waals surface area contributed by atoms with E-state index in [0.717, 1.165) is 28.7 Å². The number of carbonyl (C=O) groups is 1. The van der Waals surface area contributed by atoms with Crippen molar-refractivity contribution in [3.05, 3.63) is 60.0 Å². The molecule has 0 aliphatic heterocycles. The summed E-state index contributed by atoms with van der Waals surface area (Å²) in [5.74, 6) is 1.30. The van der Waals surface area contributed by atoms with Crippen LogP contribution in [0.3, 0.4) is 0 Å². The second kappa shape index (κ2) is 7.73. The lowest BCUT2D eigenvalue weighted by molar-refractivity contribution is -0.113. The van der Waals surface area contributed by atoms with E-state index >= 15 is 0 Å². The molecule has 0 spiro atoms. The van der Waals surface area contributed by atoms with Crippen LogP contribution in [0.5, 0.6) is 0 Å². The molecule has 4 aromatic rings. The number of rotatable bonds is 6. The number of thioether (sulfide) groups is 1. The number of nitrogens with one attached hydrogen (secondary N) is 1. The molecule has 9 heteroatoms. The summed E-state index contributed by atoms with van der Waals surface area (Å²) in [6, 6.07) is 13.2. The van der Waals surface area contributed by atoms with Crippen LogP contribution in [0.4, 0.5) is 5.82 Å². The van der Waals surface area contributed by atoms with Gasteiger partial charge in [0.1, 0.15) is 5.82 Å². The Hall–Kier alpha value is -3.33. The fraction of sp³-hybridized carbons (Fsp3) is 0.158. The number of aromatic nitrogens is 4. The molecule has 1 N–H and O–H groups in total. The van der Waals surface area contributed by atoms with Gasteiger partial charge in [-0.2, -0.15) is 5.10 Å². The van der Waals surface area contributed by atoms with Crippen LogP contribution in [0, 0.1) is 13.8 Å². The third-order valence-electron chi connectivity index (χ3n) is 3.84. The molecule has 3 aromatic heterocycles. The van der Waals surface area contributed by atoms with Crippen LogP contribution in [0.15, 0.2) is 62.8 Å². The number of furan rings is 1. The Morgan fingerprint density at radius 1 is 1.18 bits per heavy atom. The minimum atomic E-state index is -0.198. The maximum absolute atomic E-state index is 12.4. The fourth-order valence-corrected chi connectivity index (χ4v) is 3.11. The van der Waals surface area contributed by atoms with E-state index in [9.17, 15) is 4.79 Å². The van der Waals surface area contributed by atoms with E-state index in [1.807, 2.05) is 44.2 Å². The first-order valence-electron chi connectivity index (χ1n) is 8.52. The van der Waals surface area contributed by atoms with Crippen molar-refractivity contribution in [1.29, 1.82) is 0 Å². The summed E-state index contributed by atoms with van der Waals surface area (Å²) < 4.78 is 12.4. The summed E-state index contributed by atoms with van der Waals surface area (Å²) in [5.41, 5.74) is 2.84. The van der Waals surface area contributed by atoms with Gasteiger partial charge >= 0.3 is 0 Å². The van der Waals surface area contributed by atoms with Crippen LogP contribution in [0.1, 0.15) is 11.3 Å². The molecule has 0 fully saturated rings. The Balaban J connectivity index is 1.41. The third-order valence-corrected chi connectivity index (χ3v) is 4.66. The van der Waals surface area contributed by atoms with Crippen molar-refractivity contribution >= 4 is 23.5 Å². The molecule has 0 aliphatic carbocycles. The van der Waals surface area contributed by atoms with Crippen LogP contribution in [0.25, 0.3) is 17.3 Å². The molecular weight excluding hydrogens is 378 g/mol. The van der Waals surface area contributed by atoms with Crippen LogP contribution in [-0.2, 0) is 4.79 Å². The summed E-state index contributed by atoms with van der Waals surface area (Å²) in [6.07, 6.45) is 1.53. The van der Waals surface area contributed by atoms with E-state index in [1.54, 1.807) is 16.8 Å². The van der Waals surface area contributed by atoms with Crippen LogP contribution in [-0.4, -0.2) is 31.6 Å². The number of carbonyl (C=O) groups excluding carboxylic acids is 1. The molecular formula is C19H17N5O3S. The first-order chi connectivity index (χ1) is 13.6. The molecule has 1 amide bonds. The molecule has 0 saturated carbocycles. The topological polar surface area (TPSA) is 99.0 Å². The fourth-order valence-electron chi connectivity index (χ4n) is 2.55. The lowest BCUT2D eigenvalue weighted by Gasteiger charge is -2.08. The van der Waals surface area contributed by atoms with Crippen LogP contribution in [0.2, 0.25) is 0 Å². The van der Waals surface area contributed by atoms with Crippen molar-refractivity contribution < 1.29 is 13.6 Å². The third kappa shape index (κ3) is 3.99. The molecule has 28 heavy (non-hydrogen) atoms. The van der Waals surface area contributed by atoms with Crippen LogP contribution >= 0.6 is 11.8 Å². The van der Waals surface area contributed by atoms with Gasteiger partial charge in [-0.15, -0.1) is 10.2 Å². The van der Waals surface area contributed by atoms with Gasteiger partial charge in [0.25, 0.3) is 11.1 Å². The van der Waals surface area contributed by atoms with Gasteiger partial charge in [-0.05, 0) is 38.1 Å². The number of aryl methyl sites for hydroxylation is 2. The maximum Gasteiger partial charge on any atom is 0.284 e. The lowest BCUT2D eigenvalue weighted by atomic mass is 10.2. The van der Waals surface area contributed by atoms with Gasteiger partial charge in [0.15, 0.2) is 5.76 Å². The standard InChI is InChI=1S/C19H17N5O3S/c1-12-5-7-14(8-6-12)24-16(10-13(2)23-24)20-17(25)11-28-19-22-21-18(27-19)15-4-3-9-26-15/h3-10H,11H2,1-2H3,(H,20,25). The van der Waals surface area contributed by atoms with Crippen LogP contribution < -0.4 is 5.32 Å². The summed E-state index contributed by atoms with van der Waals surface area (Å²) in [7, 11) is 0. The van der Waals surface area contributed by atoms with E-state index in [0.29, 0.717) is 16.8 Å². The predicted octanol–water partition coefficient (Wildman–Crippen LogP) is 3.86. The van der Waals surface area contributed by atoms with Gasteiger partial charge in [0.2, 0.25) is 5.91 Å². The lowest BCUT2D eigenvalue weighted by Crippen LogP contribution is -2.17. The Bertz CT molecular complexity index is 1080. The highest BCUT2D eigenvalue weighted by Crippen LogP contribution is 2.24. The van der Waals surface area contributed by atoms with Crippen molar-refractivity contribution in [2.45, 2.75) is 19.1 Å². The highest BCUT2D eigenvalue weighted by Gasteiger charge is 2.15. The number of amides is 1. The molecule has 0 saturated heterocycles. The maximum atomic E-state index is 12.4. The first kappa shape index (κ1) is 18.1. The van der Waals surface area contributed by atoms with E-state index < -0.39 is 0 Å². The SMILES string of the molecule is Cc1ccc(-n2nc(C)cc2NC(=O)CSc2nnc(-c3ccco3)o2)cc1. The zero-order valence-electron chi connectivity index (χ0n) is 15.2. The van der Waals surface area contributed by atoms with Crippen molar-refractivity contribution in [2.75, 3.05) is 11.1 Å². The summed E-state index contributed by atoms with van der Waals surface area (Å²) in [6.45, 7) is 3.90. The van der Waals surface area contributed by atoms with Crippen molar-refractivity contribution in [1.82, 2.24) is 20.0 Å². The van der Waals surface area contributed by atoms with Gasteiger partial charge in [-0.3, -0.25) is 4.79 Å². The summed E-state index contributed by atoms with van der Waals surface area (Å²) in [4.78, 5) is 12.4. The van der Waals surface area contributed by atoms with Gasteiger partial charge in [0.05, 0.1) is 23.4 Å². The van der Waals surface area contributed by atoms with E-state index in [4.69, 9.17) is 8.83 Å². The molecule has 142 valence electrons. The molecule has 0 atom stereocenters. The quantitative estimate of drug-likeness (QED) is 0.495. The number of benzene rings is 1. The molecule has 0 bridgehead atoms. The minimum Gasteiger partial charge on any atom is -0.459 e. The van der Waals surface area contributed by atoms with Crippen molar-refractivity contribution in [3.63, 3.8) is 0 Å². The Morgan fingerprint density at radius 2 is 2.00 bits per heavy atom. The van der Waals surface area contributed by atoms with Gasteiger partial charge in [-0.25, -0.2) is 4.68 Å². The number of nitrogens with zero attached hydrogens (tertiary/aromatic N) is 4. The second-order valence-electron chi connectivity index (χ2n) is 6.11. The van der Waals surface area contributed by atoms with E-state index in [1.165, 1.54) is 6.26 Å². The van der Waals surface area contributed by atoms with Crippen molar-refractivity contribution in [3.8, 4) is 17.3 Å². The molecule has 0 unspecified atom stereocenters. The minimum absolute atomic E-state index is 0.123. The van der Waals surface area contributed by atoms with E-state index in [-0.39, 0.29) is 17.6 Å². The van der Waals surface area contributed by atoms with Gasteiger partial charge in [0, 0.05) is 6.07 Å². The Morgan fingerprint density at radius 3 is 2.75 bits per heavy atom. The monoisotopic (exact) mass is 395 g/mol. The highest BCUT2D eigenvalue weighted by atomic mass is 32.2. The molecule has 0 aliphatic rings. The number of hydrogen-bond donors (Lipinski definition) is 1. The average Bonchev–Trinajstić information content (AvgIpc) is 3.41. The Kier molecular flexibility index (Phi) is 4.98. The smallest absolute Gasteiger partial charge is 0.284 e. The molecule has 8 nitrogen and oxygen atoms in total.